The van der Waals surface area contributed by atoms with E-state index in [0.29, 0.717) is 36.4 Å². The van der Waals surface area contributed by atoms with Crippen LogP contribution in [0, 0.1) is 0 Å². The SMILES string of the molecule is C/C=C(\COCc1cccc(OC)c1)CO[Si](C(C)C)(C(C)C)C(C)C. The number of methoxy groups -OCH3 is 1. The van der Waals surface area contributed by atoms with Crippen LogP contribution in [0.1, 0.15) is 54.0 Å². The van der Waals surface area contributed by atoms with E-state index in [1.165, 1.54) is 5.57 Å². The molecule has 0 aliphatic rings. The van der Waals surface area contributed by atoms with Crippen LogP contribution in [0.25, 0.3) is 0 Å². The molecule has 0 aromatic heterocycles. The van der Waals surface area contributed by atoms with E-state index in [4.69, 9.17) is 13.9 Å². The van der Waals surface area contributed by atoms with Gasteiger partial charge in [0.15, 0.2) is 0 Å². The van der Waals surface area contributed by atoms with Crippen LogP contribution in [-0.4, -0.2) is 28.6 Å². The van der Waals surface area contributed by atoms with Crippen LogP contribution in [0.5, 0.6) is 5.75 Å². The fourth-order valence-corrected chi connectivity index (χ4v) is 9.42. The van der Waals surface area contributed by atoms with Crippen molar-refractivity contribution in [3.8, 4) is 5.75 Å². The van der Waals surface area contributed by atoms with Crippen molar-refractivity contribution in [1.82, 2.24) is 0 Å². The summed E-state index contributed by atoms with van der Waals surface area (Å²) in [6.07, 6.45) is 2.13. The summed E-state index contributed by atoms with van der Waals surface area (Å²) >= 11 is 0. The first-order chi connectivity index (χ1) is 12.3. The third kappa shape index (κ3) is 5.97. The van der Waals surface area contributed by atoms with E-state index in [1.54, 1.807) is 7.11 Å². The molecule has 0 bridgehead atoms. The lowest BCUT2D eigenvalue weighted by atomic mass is 10.2. The summed E-state index contributed by atoms with van der Waals surface area (Å²) in [6, 6.07) is 8.01. The molecule has 1 aromatic carbocycles. The summed E-state index contributed by atoms with van der Waals surface area (Å²) in [5.41, 5.74) is 4.12. The summed E-state index contributed by atoms with van der Waals surface area (Å²) < 4.78 is 17.9. The summed E-state index contributed by atoms with van der Waals surface area (Å²) in [4.78, 5) is 0. The zero-order valence-electron chi connectivity index (χ0n) is 18.0. The van der Waals surface area contributed by atoms with Crippen molar-refractivity contribution in [2.45, 2.75) is 71.7 Å². The molecule has 0 unspecified atom stereocenters. The smallest absolute Gasteiger partial charge is 0.200 e. The monoisotopic (exact) mass is 378 g/mol. The first-order valence-corrected chi connectivity index (χ1v) is 11.9. The second-order valence-electron chi connectivity index (χ2n) is 7.90. The quantitative estimate of drug-likeness (QED) is 0.332. The molecule has 4 heteroatoms. The van der Waals surface area contributed by atoms with E-state index in [-0.39, 0.29) is 0 Å². The summed E-state index contributed by atoms with van der Waals surface area (Å²) in [5, 5.41) is 0. The van der Waals surface area contributed by atoms with Gasteiger partial charge in [-0.3, -0.25) is 0 Å². The third-order valence-corrected chi connectivity index (χ3v) is 11.4. The van der Waals surface area contributed by atoms with Crippen molar-refractivity contribution in [3.05, 3.63) is 41.5 Å². The molecule has 0 saturated carbocycles. The van der Waals surface area contributed by atoms with Crippen LogP contribution in [0.15, 0.2) is 35.9 Å². The maximum atomic E-state index is 6.68. The highest BCUT2D eigenvalue weighted by atomic mass is 28.4. The molecule has 0 atom stereocenters. The van der Waals surface area contributed by atoms with Gasteiger partial charge in [-0.1, -0.05) is 59.8 Å². The Morgan fingerprint density at radius 2 is 1.62 bits per heavy atom. The van der Waals surface area contributed by atoms with Crippen LogP contribution < -0.4 is 4.74 Å². The van der Waals surface area contributed by atoms with Crippen molar-refractivity contribution >= 4 is 8.32 Å². The van der Waals surface area contributed by atoms with Crippen molar-refractivity contribution in [3.63, 3.8) is 0 Å². The number of rotatable bonds is 11. The number of allylic oxidation sites excluding steroid dienone is 1. The van der Waals surface area contributed by atoms with Crippen LogP contribution in [0.2, 0.25) is 16.6 Å². The van der Waals surface area contributed by atoms with Crippen LogP contribution in [0.3, 0.4) is 0 Å². The van der Waals surface area contributed by atoms with E-state index in [2.05, 4.69) is 60.6 Å². The fraction of sp³-hybridized carbons (Fsp3) is 0.636. The lowest BCUT2D eigenvalue weighted by molar-refractivity contribution is 0.134. The number of hydrogen-bond donors (Lipinski definition) is 0. The largest absolute Gasteiger partial charge is 0.497 e. The molecule has 0 heterocycles. The van der Waals surface area contributed by atoms with Gasteiger partial charge >= 0.3 is 0 Å². The average molecular weight is 379 g/mol. The van der Waals surface area contributed by atoms with Crippen molar-refractivity contribution in [2.24, 2.45) is 0 Å². The summed E-state index contributed by atoms with van der Waals surface area (Å²) in [5.74, 6) is 0.863. The Hall–Kier alpha value is -1.10. The van der Waals surface area contributed by atoms with Crippen molar-refractivity contribution in [2.75, 3.05) is 20.3 Å². The molecule has 0 fully saturated rings. The molecule has 0 aliphatic carbocycles. The Balaban J connectivity index is 2.63. The lowest BCUT2D eigenvalue weighted by Gasteiger charge is -2.42. The molecule has 3 nitrogen and oxygen atoms in total. The van der Waals surface area contributed by atoms with Crippen molar-refractivity contribution in [1.29, 1.82) is 0 Å². The van der Waals surface area contributed by atoms with Crippen LogP contribution in [-0.2, 0) is 15.8 Å². The second kappa shape index (κ2) is 10.9. The number of benzene rings is 1. The highest BCUT2D eigenvalue weighted by Gasteiger charge is 2.44. The molecular weight excluding hydrogens is 340 g/mol. The minimum atomic E-state index is -1.84. The molecule has 148 valence electrons. The first kappa shape index (κ1) is 22.9. The molecule has 0 N–H and O–H groups in total. The molecular formula is C22H38O3Si. The van der Waals surface area contributed by atoms with Crippen LogP contribution in [0.4, 0.5) is 0 Å². The molecule has 0 aliphatic heterocycles. The van der Waals surface area contributed by atoms with Gasteiger partial charge in [-0.15, -0.1) is 0 Å². The Labute approximate surface area is 161 Å². The first-order valence-electron chi connectivity index (χ1n) is 9.76. The Bertz CT molecular complexity index is 542. The van der Waals surface area contributed by atoms with Gasteiger partial charge in [-0.05, 0) is 46.8 Å². The van der Waals surface area contributed by atoms with Gasteiger partial charge in [-0.2, -0.15) is 0 Å². The van der Waals surface area contributed by atoms with Gasteiger partial charge in [0.1, 0.15) is 5.75 Å². The maximum absolute atomic E-state index is 6.68. The molecule has 0 radical (unpaired) electrons. The standard InChI is InChI=1S/C22H38O3Si/c1-9-20(14-24-15-21-11-10-12-22(13-21)23-8)16-25-26(17(2)3,18(4)5)19(6)7/h9-13,17-19H,14-16H2,1-8H3/b20-9+. The average Bonchev–Trinajstić information content (AvgIpc) is 2.59. The molecule has 0 saturated heterocycles. The molecule has 1 rings (SSSR count). The van der Waals surface area contributed by atoms with E-state index in [1.807, 2.05) is 18.2 Å². The molecule has 26 heavy (non-hydrogen) atoms. The van der Waals surface area contributed by atoms with Gasteiger partial charge in [-0.25, -0.2) is 0 Å². The molecule has 0 spiro atoms. The Morgan fingerprint density at radius 3 is 2.12 bits per heavy atom. The second-order valence-corrected chi connectivity index (χ2v) is 13.4. The van der Waals surface area contributed by atoms with Gasteiger partial charge in [0.05, 0.1) is 26.9 Å². The van der Waals surface area contributed by atoms with Crippen LogP contribution >= 0.6 is 0 Å². The van der Waals surface area contributed by atoms with E-state index in [0.717, 1.165) is 11.3 Å². The topological polar surface area (TPSA) is 27.7 Å². The van der Waals surface area contributed by atoms with Gasteiger partial charge in [0.2, 0.25) is 8.32 Å². The Kier molecular flexibility index (Phi) is 9.62. The molecule has 1 aromatic rings. The number of hydrogen-bond acceptors (Lipinski definition) is 3. The fourth-order valence-electron chi connectivity index (χ4n) is 3.99. The predicted molar refractivity (Wildman–Crippen MR) is 113 cm³/mol. The third-order valence-electron chi connectivity index (χ3n) is 5.31. The van der Waals surface area contributed by atoms with Gasteiger partial charge in [0, 0.05) is 0 Å². The van der Waals surface area contributed by atoms with Crippen molar-refractivity contribution < 1.29 is 13.9 Å². The highest BCUT2D eigenvalue weighted by Crippen LogP contribution is 2.42. The lowest BCUT2D eigenvalue weighted by Crippen LogP contribution is -2.48. The predicted octanol–water partition coefficient (Wildman–Crippen LogP) is 6.35. The van der Waals surface area contributed by atoms with E-state index >= 15 is 0 Å². The summed E-state index contributed by atoms with van der Waals surface area (Å²) in [7, 11) is -0.151. The van der Waals surface area contributed by atoms with E-state index in [9.17, 15) is 0 Å². The molecule has 0 amide bonds. The minimum Gasteiger partial charge on any atom is -0.497 e. The minimum absolute atomic E-state index is 0.579. The Morgan fingerprint density at radius 1 is 1.00 bits per heavy atom. The highest BCUT2D eigenvalue weighted by molar-refractivity contribution is 6.77. The zero-order chi connectivity index (χ0) is 19.7. The number of ether oxygens (including phenoxy) is 2. The van der Waals surface area contributed by atoms with E-state index < -0.39 is 8.32 Å². The van der Waals surface area contributed by atoms with Gasteiger partial charge in [0.25, 0.3) is 0 Å². The summed E-state index contributed by atoms with van der Waals surface area (Å²) in [6.45, 7) is 17.8. The zero-order valence-corrected chi connectivity index (χ0v) is 19.0. The normalized spacial score (nSPS) is 13.1. The maximum Gasteiger partial charge on any atom is 0.200 e. The van der Waals surface area contributed by atoms with Gasteiger partial charge < -0.3 is 13.9 Å².